The number of benzene rings is 2. The molecule has 0 aliphatic carbocycles. The number of hydrogen-bond acceptors (Lipinski definition) is 5. The first-order valence-electron chi connectivity index (χ1n) is 7.50. The van der Waals surface area contributed by atoms with Crippen molar-refractivity contribution in [2.45, 2.75) is 0 Å². The van der Waals surface area contributed by atoms with Crippen molar-refractivity contribution in [3.8, 4) is 11.1 Å². The van der Waals surface area contributed by atoms with Gasteiger partial charge in [0.25, 0.3) is 11.8 Å². The first-order valence-corrected chi connectivity index (χ1v) is 8.38. The monoisotopic (exact) mass is 349 g/mol. The van der Waals surface area contributed by atoms with Crippen molar-refractivity contribution in [1.29, 1.82) is 0 Å². The lowest BCUT2D eigenvalue weighted by Gasteiger charge is -2.12. The fourth-order valence-corrected chi connectivity index (χ4v) is 3.47. The van der Waals surface area contributed by atoms with Crippen LogP contribution >= 0.6 is 11.3 Å². The highest BCUT2D eigenvalue weighted by Gasteiger charge is 2.39. The lowest BCUT2D eigenvalue weighted by atomic mass is 10.1. The van der Waals surface area contributed by atoms with E-state index >= 15 is 0 Å². The largest absolute Gasteiger partial charge is 0.374 e. The fraction of sp³-hybridized carbons (Fsp3) is 0. The number of imide groups is 1. The van der Waals surface area contributed by atoms with Crippen LogP contribution in [0.1, 0.15) is 30.4 Å². The lowest BCUT2D eigenvalue weighted by molar-refractivity contribution is -0.0580. The Morgan fingerprint density at radius 1 is 0.800 bits per heavy atom. The van der Waals surface area contributed by atoms with E-state index in [4.69, 9.17) is 4.84 Å². The topological polar surface area (TPSA) is 63.7 Å². The van der Waals surface area contributed by atoms with E-state index in [9.17, 15) is 14.4 Å². The molecule has 1 aliphatic rings. The van der Waals surface area contributed by atoms with Gasteiger partial charge in [0.15, 0.2) is 0 Å². The SMILES string of the molecule is O=C(ON1C(=O)c2ccccc2C1=O)c1sccc1-c1ccccc1. The summed E-state index contributed by atoms with van der Waals surface area (Å²) in [6.07, 6.45) is 0. The third kappa shape index (κ3) is 2.53. The molecule has 0 spiro atoms. The normalized spacial score (nSPS) is 13.0. The van der Waals surface area contributed by atoms with Crippen molar-refractivity contribution in [1.82, 2.24) is 5.06 Å². The van der Waals surface area contributed by atoms with Crippen LogP contribution in [0.5, 0.6) is 0 Å². The molecule has 0 N–H and O–H groups in total. The highest BCUT2D eigenvalue weighted by atomic mass is 32.1. The van der Waals surface area contributed by atoms with Crippen LogP contribution in [0.15, 0.2) is 66.0 Å². The van der Waals surface area contributed by atoms with E-state index in [1.165, 1.54) is 23.5 Å². The Morgan fingerprint density at radius 3 is 2.04 bits per heavy atom. The van der Waals surface area contributed by atoms with Crippen LogP contribution in [0.25, 0.3) is 11.1 Å². The molecule has 0 radical (unpaired) electrons. The number of carbonyl (C=O) groups excluding carboxylic acids is 3. The minimum Gasteiger partial charge on any atom is -0.323 e. The second-order valence-corrected chi connectivity index (χ2v) is 6.27. The maximum absolute atomic E-state index is 12.5. The van der Waals surface area contributed by atoms with Gasteiger partial charge in [-0.25, -0.2) is 4.79 Å². The van der Waals surface area contributed by atoms with Crippen molar-refractivity contribution in [3.63, 3.8) is 0 Å². The number of hydrogen-bond donors (Lipinski definition) is 0. The molecule has 1 aliphatic heterocycles. The fourth-order valence-electron chi connectivity index (χ4n) is 2.69. The van der Waals surface area contributed by atoms with Crippen LogP contribution in [0.2, 0.25) is 0 Å². The minimum absolute atomic E-state index is 0.231. The standard InChI is InChI=1S/C19H11NO4S/c21-17-14-8-4-5-9-15(14)18(22)20(17)24-19(23)16-13(10-11-25-16)12-6-2-1-3-7-12/h1-11H. The van der Waals surface area contributed by atoms with Gasteiger partial charge in [-0.15, -0.1) is 11.3 Å². The van der Waals surface area contributed by atoms with Gasteiger partial charge in [-0.2, -0.15) is 0 Å². The van der Waals surface area contributed by atoms with Gasteiger partial charge in [0, 0.05) is 5.56 Å². The van der Waals surface area contributed by atoms with Crippen LogP contribution in [-0.4, -0.2) is 22.8 Å². The van der Waals surface area contributed by atoms with E-state index in [0.717, 1.165) is 5.56 Å². The molecule has 6 heteroatoms. The molecule has 2 aromatic carbocycles. The summed E-state index contributed by atoms with van der Waals surface area (Å²) in [6, 6.07) is 17.5. The van der Waals surface area contributed by atoms with Gasteiger partial charge in [-0.3, -0.25) is 9.59 Å². The Kier molecular flexibility index (Phi) is 3.66. The lowest BCUT2D eigenvalue weighted by Crippen LogP contribution is -2.32. The summed E-state index contributed by atoms with van der Waals surface area (Å²) in [5.41, 5.74) is 2.02. The third-order valence-corrected chi connectivity index (χ3v) is 4.76. The van der Waals surface area contributed by atoms with Crippen molar-refractivity contribution in [2.75, 3.05) is 0 Å². The van der Waals surface area contributed by atoms with E-state index < -0.39 is 17.8 Å². The van der Waals surface area contributed by atoms with Gasteiger partial charge >= 0.3 is 5.97 Å². The van der Waals surface area contributed by atoms with Gasteiger partial charge in [0.1, 0.15) is 4.88 Å². The quantitative estimate of drug-likeness (QED) is 0.675. The Morgan fingerprint density at radius 2 is 1.40 bits per heavy atom. The molecule has 5 nitrogen and oxygen atoms in total. The summed E-state index contributed by atoms with van der Waals surface area (Å²) in [5, 5.41) is 2.29. The van der Waals surface area contributed by atoms with Crippen molar-refractivity contribution in [3.05, 3.63) is 82.0 Å². The van der Waals surface area contributed by atoms with E-state index in [2.05, 4.69) is 0 Å². The van der Waals surface area contributed by atoms with Crippen molar-refractivity contribution >= 4 is 29.1 Å². The number of thiophene rings is 1. The molecule has 0 atom stereocenters. The minimum atomic E-state index is -0.733. The average Bonchev–Trinajstić information content (AvgIpc) is 3.23. The summed E-state index contributed by atoms with van der Waals surface area (Å²) in [4.78, 5) is 42.6. The van der Waals surface area contributed by atoms with Crippen LogP contribution in [0, 0.1) is 0 Å². The second kappa shape index (κ2) is 5.99. The average molecular weight is 349 g/mol. The Bertz CT molecular complexity index is 958. The third-order valence-electron chi connectivity index (χ3n) is 3.87. The smallest absolute Gasteiger partial charge is 0.323 e. The second-order valence-electron chi connectivity index (χ2n) is 5.36. The maximum atomic E-state index is 12.5. The first-order chi connectivity index (χ1) is 12.2. The van der Waals surface area contributed by atoms with E-state index in [1.807, 2.05) is 30.3 Å². The summed E-state index contributed by atoms with van der Waals surface area (Å²) in [7, 11) is 0. The first kappa shape index (κ1) is 15.3. The predicted octanol–water partition coefficient (Wildman–Crippen LogP) is 3.78. The van der Waals surface area contributed by atoms with Crippen LogP contribution in [0.4, 0.5) is 0 Å². The van der Waals surface area contributed by atoms with E-state index in [0.29, 0.717) is 15.5 Å². The van der Waals surface area contributed by atoms with Gasteiger partial charge < -0.3 is 4.84 Å². The van der Waals surface area contributed by atoms with Crippen molar-refractivity contribution < 1.29 is 19.2 Å². The van der Waals surface area contributed by atoms with E-state index in [-0.39, 0.29) is 11.1 Å². The molecule has 2 heterocycles. The molecule has 122 valence electrons. The molecule has 0 bridgehead atoms. The predicted molar refractivity (Wildman–Crippen MR) is 92.1 cm³/mol. The highest BCUT2D eigenvalue weighted by molar-refractivity contribution is 7.12. The molecular formula is C19H11NO4S. The number of hydroxylamine groups is 2. The van der Waals surface area contributed by atoms with Crippen LogP contribution in [-0.2, 0) is 4.84 Å². The van der Waals surface area contributed by atoms with Crippen LogP contribution in [0.3, 0.4) is 0 Å². The van der Waals surface area contributed by atoms with Gasteiger partial charge in [-0.05, 0) is 29.1 Å². The molecule has 1 aromatic heterocycles. The molecule has 25 heavy (non-hydrogen) atoms. The summed E-state index contributed by atoms with van der Waals surface area (Å²) >= 11 is 1.20. The molecular weight excluding hydrogens is 338 g/mol. The summed E-state index contributed by atoms with van der Waals surface area (Å²) in [6.45, 7) is 0. The zero-order valence-electron chi connectivity index (χ0n) is 12.8. The Balaban J connectivity index is 1.62. The molecule has 0 saturated carbocycles. The number of rotatable bonds is 3. The molecule has 0 unspecified atom stereocenters. The molecule has 3 aromatic rings. The summed E-state index contributed by atoms with van der Waals surface area (Å²) in [5.74, 6) is -2.00. The number of nitrogens with zero attached hydrogens (tertiary/aromatic N) is 1. The molecule has 4 rings (SSSR count). The number of amides is 2. The van der Waals surface area contributed by atoms with E-state index in [1.54, 1.807) is 23.6 Å². The maximum Gasteiger partial charge on any atom is 0.374 e. The van der Waals surface area contributed by atoms with Gasteiger partial charge in [0.05, 0.1) is 11.1 Å². The van der Waals surface area contributed by atoms with Crippen molar-refractivity contribution in [2.24, 2.45) is 0 Å². The summed E-state index contributed by atoms with van der Waals surface area (Å²) < 4.78 is 0. The molecule has 2 amide bonds. The van der Waals surface area contributed by atoms with Gasteiger partial charge in [-0.1, -0.05) is 47.5 Å². The van der Waals surface area contributed by atoms with Gasteiger partial charge in [0.2, 0.25) is 0 Å². The number of fused-ring (bicyclic) bond motifs is 1. The highest BCUT2D eigenvalue weighted by Crippen LogP contribution is 2.30. The molecule has 0 fully saturated rings. The Hall–Kier alpha value is -3.25. The zero-order chi connectivity index (χ0) is 17.4. The van der Waals surface area contributed by atoms with Crippen LogP contribution < -0.4 is 0 Å². The molecule has 0 saturated heterocycles. The Labute approximate surface area is 147 Å². The zero-order valence-corrected chi connectivity index (χ0v) is 13.7. The number of carbonyl (C=O) groups is 3.